The van der Waals surface area contributed by atoms with Gasteiger partial charge in [0.15, 0.2) is 5.13 Å². The van der Waals surface area contributed by atoms with Crippen molar-refractivity contribution < 1.29 is 23.8 Å². The van der Waals surface area contributed by atoms with Gasteiger partial charge >= 0.3 is 5.97 Å². The molecule has 0 bridgehead atoms. The van der Waals surface area contributed by atoms with Crippen molar-refractivity contribution >= 4 is 57.6 Å². The van der Waals surface area contributed by atoms with Gasteiger partial charge in [-0.05, 0) is 56.4 Å². The van der Waals surface area contributed by atoms with Crippen molar-refractivity contribution in [2.24, 2.45) is 5.92 Å². The molecule has 1 unspecified atom stereocenters. The molecular weight excluding hydrogens is 586 g/mol. The number of hydrogen-bond donors (Lipinski definition) is 2. The summed E-state index contributed by atoms with van der Waals surface area (Å²) in [4.78, 5) is 28.6. The van der Waals surface area contributed by atoms with Crippen LogP contribution in [0.25, 0.3) is 17.3 Å². The first-order chi connectivity index (χ1) is 19.7. The lowest BCUT2D eigenvalue weighted by atomic mass is 9.82. The minimum atomic E-state index is -1.10. The van der Waals surface area contributed by atoms with Crippen LogP contribution in [-0.4, -0.2) is 28.6 Å². The van der Waals surface area contributed by atoms with Crippen LogP contribution in [0, 0.1) is 11.7 Å². The summed E-state index contributed by atoms with van der Waals surface area (Å²) in [6.45, 7) is 4.13. The number of ether oxygens (including phenoxy) is 1. The SMILES string of the molecule is CCCCOC(c1cccc(-c2csc(NC(=O)c3cc(Cl)c(/C=C(\C)C(=O)O)c(Cl)c3)n2)c1F)C1CCCCC1. The maximum Gasteiger partial charge on any atom is 0.331 e. The summed E-state index contributed by atoms with van der Waals surface area (Å²) in [5.74, 6) is -1.67. The molecule has 0 aliphatic heterocycles. The Balaban J connectivity index is 1.54. The fraction of sp³-hybridized carbons (Fsp3) is 0.387. The van der Waals surface area contributed by atoms with E-state index in [1.165, 1.54) is 42.9 Å². The first kappa shape index (κ1) is 31.2. The number of carboxylic acid groups (broad SMARTS) is 1. The van der Waals surface area contributed by atoms with Crippen molar-refractivity contribution in [3.63, 3.8) is 0 Å². The first-order valence-corrected chi connectivity index (χ1v) is 15.4. The Labute approximate surface area is 253 Å². The summed E-state index contributed by atoms with van der Waals surface area (Å²) in [7, 11) is 0. The van der Waals surface area contributed by atoms with Gasteiger partial charge in [-0.2, -0.15) is 0 Å². The quantitative estimate of drug-likeness (QED) is 0.165. The number of aromatic nitrogens is 1. The molecule has 1 amide bonds. The third-order valence-electron chi connectivity index (χ3n) is 7.25. The van der Waals surface area contributed by atoms with E-state index >= 15 is 4.39 Å². The lowest BCUT2D eigenvalue weighted by Gasteiger charge is -2.31. The maximum absolute atomic E-state index is 16.0. The molecule has 6 nitrogen and oxygen atoms in total. The number of carbonyl (C=O) groups is 2. The minimum Gasteiger partial charge on any atom is -0.478 e. The van der Waals surface area contributed by atoms with Crippen molar-refractivity contribution in [3.05, 3.63) is 73.8 Å². The average molecular weight is 620 g/mol. The smallest absolute Gasteiger partial charge is 0.331 e. The molecule has 1 aliphatic rings. The minimum absolute atomic E-state index is 0.0511. The predicted molar refractivity (Wildman–Crippen MR) is 163 cm³/mol. The summed E-state index contributed by atoms with van der Waals surface area (Å²) in [5.41, 5.74) is 1.86. The molecular formula is C31H33Cl2FN2O4S. The lowest BCUT2D eigenvalue weighted by molar-refractivity contribution is -0.132. The highest BCUT2D eigenvalue weighted by molar-refractivity contribution is 7.14. The number of aliphatic carboxylic acids is 1. The summed E-state index contributed by atoms with van der Waals surface area (Å²) in [5, 5.41) is 14.1. The van der Waals surface area contributed by atoms with Crippen LogP contribution < -0.4 is 5.32 Å². The molecule has 1 aromatic heterocycles. The van der Waals surface area contributed by atoms with Gasteiger partial charge in [0.1, 0.15) is 5.82 Å². The van der Waals surface area contributed by atoms with Gasteiger partial charge in [-0.3, -0.25) is 10.1 Å². The Bertz CT molecular complexity index is 1410. The molecule has 41 heavy (non-hydrogen) atoms. The molecule has 1 fully saturated rings. The third kappa shape index (κ3) is 7.74. The number of hydrogen-bond acceptors (Lipinski definition) is 5. The van der Waals surface area contributed by atoms with Gasteiger partial charge in [-0.1, -0.05) is 67.9 Å². The van der Waals surface area contributed by atoms with E-state index in [0.29, 0.717) is 29.0 Å². The molecule has 0 spiro atoms. The van der Waals surface area contributed by atoms with Gasteiger partial charge in [0.25, 0.3) is 5.91 Å². The zero-order valence-corrected chi connectivity index (χ0v) is 25.3. The second-order valence-corrected chi connectivity index (χ2v) is 11.9. The van der Waals surface area contributed by atoms with Crippen LogP contribution in [0.5, 0.6) is 0 Å². The number of halogens is 3. The molecule has 2 N–H and O–H groups in total. The number of nitrogens with zero attached hydrogens (tertiary/aromatic N) is 1. The topological polar surface area (TPSA) is 88.5 Å². The number of carbonyl (C=O) groups excluding carboxylic acids is 1. The number of amides is 1. The number of rotatable bonds is 11. The largest absolute Gasteiger partial charge is 0.478 e. The number of carboxylic acids is 1. The second kappa shape index (κ2) is 14.4. The zero-order chi connectivity index (χ0) is 29.5. The highest BCUT2D eigenvalue weighted by Crippen LogP contribution is 2.40. The molecule has 0 radical (unpaired) electrons. The van der Waals surface area contributed by atoms with Gasteiger partial charge in [-0.25, -0.2) is 14.2 Å². The molecule has 0 saturated heterocycles. The van der Waals surface area contributed by atoms with Gasteiger partial charge in [-0.15, -0.1) is 11.3 Å². The van der Waals surface area contributed by atoms with Crippen LogP contribution in [0.4, 0.5) is 9.52 Å². The second-order valence-electron chi connectivity index (χ2n) is 10.2. The van der Waals surface area contributed by atoms with Crippen LogP contribution in [0.2, 0.25) is 10.0 Å². The Hall–Kier alpha value is -2.78. The highest BCUT2D eigenvalue weighted by atomic mass is 35.5. The van der Waals surface area contributed by atoms with Crippen molar-refractivity contribution in [2.45, 2.75) is 64.9 Å². The van der Waals surface area contributed by atoms with Crippen molar-refractivity contribution in [1.29, 1.82) is 0 Å². The van der Waals surface area contributed by atoms with Crippen molar-refractivity contribution in [2.75, 3.05) is 11.9 Å². The molecule has 1 heterocycles. The van der Waals surface area contributed by atoms with Gasteiger partial charge in [0.2, 0.25) is 0 Å². The van der Waals surface area contributed by atoms with Crippen LogP contribution >= 0.6 is 34.5 Å². The molecule has 3 aromatic rings. The highest BCUT2D eigenvalue weighted by Gasteiger charge is 2.29. The Morgan fingerprint density at radius 2 is 1.93 bits per heavy atom. The lowest BCUT2D eigenvalue weighted by Crippen LogP contribution is -2.21. The monoisotopic (exact) mass is 618 g/mol. The Morgan fingerprint density at radius 1 is 1.22 bits per heavy atom. The fourth-order valence-corrected chi connectivity index (χ4v) is 6.30. The molecule has 4 rings (SSSR count). The van der Waals surface area contributed by atoms with E-state index in [-0.39, 0.29) is 44.2 Å². The zero-order valence-electron chi connectivity index (χ0n) is 23.0. The van der Waals surface area contributed by atoms with E-state index in [4.69, 9.17) is 33.0 Å². The summed E-state index contributed by atoms with van der Waals surface area (Å²) in [6.07, 6.45) is 8.51. The third-order valence-corrected chi connectivity index (χ3v) is 8.63. The normalized spacial score (nSPS) is 15.1. The number of benzene rings is 2. The molecule has 218 valence electrons. The standard InChI is InChI=1S/C31H33Cl2FN2O4S/c1-3-4-13-40-28(19-9-6-5-7-10-19)22-12-8-11-21(27(22)34)26-17-41-31(35-26)36-29(37)20-15-24(32)23(25(33)16-20)14-18(2)30(38)39/h8,11-12,14-17,19,28H,3-7,9-10,13H2,1-2H3,(H,38,39)(H,35,36,37)/b18-14+. The number of anilines is 1. The van der Waals surface area contributed by atoms with E-state index in [2.05, 4.69) is 17.2 Å². The molecule has 1 saturated carbocycles. The molecule has 1 aliphatic carbocycles. The molecule has 1 atom stereocenters. The van der Waals surface area contributed by atoms with E-state index in [0.717, 1.165) is 38.5 Å². The van der Waals surface area contributed by atoms with Crippen LogP contribution in [0.1, 0.15) is 86.4 Å². The predicted octanol–water partition coefficient (Wildman–Crippen LogP) is 9.43. The van der Waals surface area contributed by atoms with E-state index in [1.54, 1.807) is 11.4 Å². The summed E-state index contributed by atoms with van der Waals surface area (Å²) in [6, 6.07) is 8.14. The van der Waals surface area contributed by atoms with E-state index in [9.17, 15) is 9.59 Å². The van der Waals surface area contributed by atoms with Crippen LogP contribution in [0.3, 0.4) is 0 Å². The average Bonchev–Trinajstić information content (AvgIpc) is 3.41. The number of nitrogens with one attached hydrogen (secondary N) is 1. The number of unbranched alkanes of at least 4 members (excludes halogenated alkanes) is 1. The van der Waals surface area contributed by atoms with Crippen molar-refractivity contribution in [1.82, 2.24) is 4.98 Å². The fourth-order valence-electron chi connectivity index (χ4n) is 4.99. The summed E-state index contributed by atoms with van der Waals surface area (Å²) >= 11 is 13.8. The van der Waals surface area contributed by atoms with Crippen LogP contribution in [-0.2, 0) is 9.53 Å². The van der Waals surface area contributed by atoms with Crippen LogP contribution in [0.15, 0.2) is 41.3 Å². The molecule has 10 heteroatoms. The van der Waals surface area contributed by atoms with E-state index in [1.807, 2.05) is 12.1 Å². The van der Waals surface area contributed by atoms with Gasteiger partial charge < -0.3 is 9.84 Å². The summed E-state index contributed by atoms with van der Waals surface area (Å²) < 4.78 is 22.3. The van der Waals surface area contributed by atoms with Gasteiger partial charge in [0.05, 0.1) is 21.8 Å². The molecule has 2 aromatic carbocycles. The Kier molecular flexibility index (Phi) is 10.9. The maximum atomic E-state index is 16.0. The van der Waals surface area contributed by atoms with Gasteiger partial charge in [0, 0.05) is 39.8 Å². The Morgan fingerprint density at radius 3 is 2.59 bits per heavy atom. The first-order valence-electron chi connectivity index (χ1n) is 13.8. The number of thiazole rings is 1. The van der Waals surface area contributed by atoms with E-state index < -0.39 is 11.9 Å². The van der Waals surface area contributed by atoms with Crippen molar-refractivity contribution in [3.8, 4) is 11.3 Å².